The van der Waals surface area contributed by atoms with Gasteiger partial charge in [-0.1, -0.05) is 17.7 Å². The standard InChI is InChI=1S/C25H29ClFN5O4/c1-17(33)32-8-6-31(7-9-32)10-11-35-22-14-18-21(15-23(22)36-13-12-34-2)28-16-29-25(18)30-20-5-3-4-19(26)24(20)27/h3-5,14-16H,6-13H2,1-2H3,(H,28,29,30). The Morgan fingerprint density at radius 3 is 2.58 bits per heavy atom. The molecule has 36 heavy (non-hydrogen) atoms. The minimum absolute atomic E-state index is 0.0142. The van der Waals surface area contributed by atoms with E-state index in [4.69, 9.17) is 25.8 Å². The van der Waals surface area contributed by atoms with Crippen molar-refractivity contribution in [2.24, 2.45) is 0 Å². The Labute approximate surface area is 214 Å². The molecule has 2 aromatic carbocycles. The number of rotatable bonds is 10. The molecule has 1 fully saturated rings. The maximum Gasteiger partial charge on any atom is 0.219 e. The van der Waals surface area contributed by atoms with Crippen molar-refractivity contribution in [2.75, 3.05) is 65.0 Å². The molecular formula is C25H29ClFN5O4. The zero-order valence-corrected chi connectivity index (χ0v) is 21.1. The van der Waals surface area contributed by atoms with Crippen LogP contribution in [0.3, 0.4) is 0 Å². The van der Waals surface area contributed by atoms with E-state index in [2.05, 4.69) is 20.2 Å². The molecule has 3 aromatic rings. The van der Waals surface area contributed by atoms with E-state index in [0.717, 1.165) is 13.1 Å². The van der Waals surface area contributed by atoms with E-state index >= 15 is 0 Å². The first-order valence-electron chi connectivity index (χ1n) is 11.7. The van der Waals surface area contributed by atoms with Gasteiger partial charge in [0.25, 0.3) is 0 Å². The third-order valence-electron chi connectivity index (χ3n) is 5.93. The molecule has 1 amide bonds. The van der Waals surface area contributed by atoms with Crippen molar-refractivity contribution in [1.82, 2.24) is 19.8 Å². The van der Waals surface area contributed by atoms with Crippen molar-refractivity contribution in [3.05, 3.63) is 47.5 Å². The summed E-state index contributed by atoms with van der Waals surface area (Å²) in [6.45, 7) is 6.49. The fourth-order valence-corrected chi connectivity index (χ4v) is 4.10. The first-order valence-corrected chi connectivity index (χ1v) is 12.1. The number of hydrogen-bond acceptors (Lipinski definition) is 8. The number of anilines is 2. The Balaban J connectivity index is 1.53. The lowest BCUT2D eigenvalue weighted by atomic mass is 10.2. The van der Waals surface area contributed by atoms with Crippen molar-refractivity contribution >= 4 is 39.9 Å². The van der Waals surface area contributed by atoms with E-state index < -0.39 is 5.82 Å². The molecule has 1 aliphatic rings. The highest BCUT2D eigenvalue weighted by atomic mass is 35.5. The lowest BCUT2D eigenvalue weighted by Gasteiger charge is -2.34. The van der Waals surface area contributed by atoms with Crippen LogP contribution in [0.5, 0.6) is 11.5 Å². The average molecular weight is 518 g/mol. The van der Waals surface area contributed by atoms with Gasteiger partial charge in [0.05, 0.1) is 22.8 Å². The molecule has 1 aliphatic heterocycles. The molecule has 9 nitrogen and oxygen atoms in total. The summed E-state index contributed by atoms with van der Waals surface area (Å²) in [4.78, 5) is 24.3. The summed E-state index contributed by atoms with van der Waals surface area (Å²) in [5.41, 5.74) is 0.810. The highest BCUT2D eigenvalue weighted by Gasteiger charge is 2.19. The zero-order valence-electron chi connectivity index (χ0n) is 20.3. The van der Waals surface area contributed by atoms with Crippen LogP contribution in [0, 0.1) is 5.82 Å². The number of methoxy groups -OCH3 is 1. The SMILES string of the molecule is COCCOc1cc2ncnc(Nc3cccc(Cl)c3F)c2cc1OCCN1CCN(C(C)=O)CC1. The van der Waals surface area contributed by atoms with Gasteiger partial charge in [0.15, 0.2) is 17.3 Å². The monoisotopic (exact) mass is 517 g/mol. The second kappa shape index (κ2) is 12.2. The third kappa shape index (κ3) is 6.31. The number of carbonyl (C=O) groups excluding carboxylic acids is 1. The molecule has 0 unspecified atom stereocenters. The number of amides is 1. The zero-order chi connectivity index (χ0) is 25.5. The molecule has 0 bridgehead atoms. The third-order valence-corrected chi connectivity index (χ3v) is 6.23. The van der Waals surface area contributed by atoms with E-state index in [1.807, 2.05) is 4.90 Å². The van der Waals surface area contributed by atoms with Crippen molar-refractivity contribution in [1.29, 1.82) is 0 Å². The number of nitrogens with one attached hydrogen (secondary N) is 1. The summed E-state index contributed by atoms with van der Waals surface area (Å²) in [7, 11) is 1.60. The fourth-order valence-electron chi connectivity index (χ4n) is 3.92. The molecule has 2 heterocycles. The van der Waals surface area contributed by atoms with Gasteiger partial charge in [-0.05, 0) is 18.2 Å². The summed E-state index contributed by atoms with van der Waals surface area (Å²) in [6, 6.07) is 8.28. The van der Waals surface area contributed by atoms with E-state index in [1.54, 1.807) is 38.3 Å². The smallest absolute Gasteiger partial charge is 0.219 e. The van der Waals surface area contributed by atoms with Crippen LogP contribution >= 0.6 is 11.6 Å². The van der Waals surface area contributed by atoms with Gasteiger partial charge >= 0.3 is 0 Å². The van der Waals surface area contributed by atoms with Crippen LogP contribution in [0.2, 0.25) is 5.02 Å². The lowest BCUT2D eigenvalue weighted by Crippen LogP contribution is -2.48. The molecule has 0 spiro atoms. The van der Waals surface area contributed by atoms with Gasteiger partial charge < -0.3 is 24.4 Å². The number of halogens is 2. The molecule has 0 saturated carbocycles. The Bertz CT molecular complexity index is 1210. The molecule has 1 saturated heterocycles. The number of benzene rings is 2. The number of nitrogens with zero attached hydrogens (tertiary/aromatic N) is 4. The number of ether oxygens (including phenoxy) is 3. The fraction of sp³-hybridized carbons (Fsp3) is 0.400. The molecule has 0 atom stereocenters. The molecule has 192 valence electrons. The molecule has 4 rings (SSSR count). The molecule has 0 radical (unpaired) electrons. The molecular weight excluding hydrogens is 489 g/mol. The Morgan fingerprint density at radius 2 is 1.83 bits per heavy atom. The molecule has 1 aromatic heterocycles. The summed E-state index contributed by atoms with van der Waals surface area (Å²) in [6.07, 6.45) is 1.40. The lowest BCUT2D eigenvalue weighted by molar-refractivity contribution is -0.130. The second-order valence-electron chi connectivity index (χ2n) is 8.30. The van der Waals surface area contributed by atoms with Crippen molar-refractivity contribution in [3.8, 4) is 11.5 Å². The van der Waals surface area contributed by atoms with Gasteiger partial charge in [-0.15, -0.1) is 0 Å². The Kier molecular flexibility index (Phi) is 8.74. The summed E-state index contributed by atoms with van der Waals surface area (Å²) in [5, 5.41) is 3.66. The van der Waals surface area contributed by atoms with Crippen LogP contribution in [-0.2, 0) is 9.53 Å². The van der Waals surface area contributed by atoms with E-state index in [9.17, 15) is 9.18 Å². The Hall–Kier alpha value is -3.21. The van der Waals surface area contributed by atoms with Gasteiger partial charge in [-0.2, -0.15) is 0 Å². The van der Waals surface area contributed by atoms with E-state index in [1.165, 1.54) is 12.4 Å². The normalized spacial score (nSPS) is 14.2. The number of fused-ring (bicyclic) bond motifs is 1. The van der Waals surface area contributed by atoms with Gasteiger partial charge in [0, 0.05) is 58.2 Å². The number of carbonyl (C=O) groups is 1. The van der Waals surface area contributed by atoms with Gasteiger partial charge in [-0.3, -0.25) is 9.69 Å². The maximum atomic E-state index is 14.5. The minimum atomic E-state index is -0.563. The molecule has 1 N–H and O–H groups in total. The molecule has 11 heteroatoms. The number of hydrogen-bond donors (Lipinski definition) is 1. The summed E-state index contributed by atoms with van der Waals surface area (Å²) >= 11 is 5.93. The predicted molar refractivity (Wildman–Crippen MR) is 136 cm³/mol. The van der Waals surface area contributed by atoms with Gasteiger partial charge in [-0.25, -0.2) is 14.4 Å². The van der Waals surface area contributed by atoms with Crippen LogP contribution in [0.1, 0.15) is 6.92 Å². The topological polar surface area (TPSA) is 89.0 Å². The van der Waals surface area contributed by atoms with Crippen LogP contribution < -0.4 is 14.8 Å². The highest BCUT2D eigenvalue weighted by molar-refractivity contribution is 6.31. The largest absolute Gasteiger partial charge is 0.488 e. The van der Waals surface area contributed by atoms with Gasteiger partial charge in [0.2, 0.25) is 5.91 Å². The number of aromatic nitrogens is 2. The molecule has 0 aliphatic carbocycles. The highest BCUT2D eigenvalue weighted by Crippen LogP contribution is 2.35. The summed E-state index contributed by atoms with van der Waals surface area (Å²) in [5.74, 6) is 0.996. The number of piperazine rings is 1. The van der Waals surface area contributed by atoms with Crippen molar-refractivity contribution in [3.63, 3.8) is 0 Å². The predicted octanol–water partition coefficient (Wildman–Crippen LogP) is 3.73. The van der Waals surface area contributed by atoms with Crippen LogP contribution in [-0.4, -0.2) is 85.3 Å². The summed E-state index contributed by atoms with van der Waals surface area (Å²) < 4.78 is 31.6. The van der Waals surface area contributed by atoms with E-state index in [-0.39, 0.29) is 16.6 Å². The van der Waals surface area contributed by atoms with Crippen LogP contribution in [0.4, 0.5) is 15.9 Å². The Morgan fingerprint density at radius 1 is 1.08 bits per heavy atom. The van der Waals surface area contributed by atoms with Crippen LogP contribution in [0.25, 0.3) is 10.9 Å². The maximum absolute atomic E-state index is 14.5. The average Bonchev–Trinajstić information content (AvgIpc) is 2.87. The minimum Gasteiger partial charge on any atom is -0.488 e. The van der Waals surface area contributed by atoms with E-state index in [0.29, 0.717) is 67.7 Å². The van der Waals surface area contributed by atoms with Gasteiger partial charge in [0.1, 0.15) is 25.4 Å². The van der Waals surface area contributed by atoms with Crippen LogP contribution in [0.15, 0.2) is 36.7 Å². The second-order valence-corrected chi connectivity index (χ2v) is 8.71. The first-order chi connectivity index (χ1) is 17.5. The first kappa shape index (κ1) is 25.9. The van der Waals surface area contributed by atoms with Crippen molar-refractivity contribution in [2.45, 2.75) is 6.92 Å². The quantitative estimate of drug-likeness (QED) is 0.407. The van der Waals surface area contributed by atoms with Crippen molar-refractivity contribution < 1.29 is 23.4 Å².